The van der Waals surface area contributed by atoms with Crippen molar-refractivity contribution in [1.82, 2.24) is 0 Å². The van der Waals surface area contributed by atoms with E-state index in [1.807, 2.05) is 0 Å². The van der Waals surface area contributed by atoms with Gasteiger partial charge in [0.25, 0.3) is 0 Å². The summed E-state index contributed by atoms with van der Waals surface area (Å²) in [4.78, 5) is 17.4. The van der Waals surface area contributed by atoms with Gasteiger partial charge in [-0.25, -0.2) is 4.57 Å². The summed E-state index contributed by atoms with van der Waals surface area (Å²) in [6, 6.07) is 0. The molecule has 0 unspecified atom stereocenters. The smallest absolute Gasteiger partial charge is 0.373 e. The Morgan fingerprint density at radius 2 is 1.27 bits per heavy atom. The molecule has 0 aromatic rings. The molecule has 0 spiro atoms. The molecule has 0 saturated carbocycles. The predicted octanol–water partition coefficient (Wildman–Crippen LogP) is 6.12. The molecule has 0 aromatic carbocycles. The zero-order chi connectivity index (χ0) is 19.1. The molecule has 1 aliphatic heterocycles. The molecule has 5 nitrogen and oxygen atoms in total. The molecule has 1 saturated heterocycles. The van der Waals surface area contributed by atoms with Crippen molar-refractivity contribution in [2.75, 3.05) is 6.61 Å². The van der Waals surface area contributed by atoms with Crippen LogP contribution in [0.2, 0.25) is 0 Å². The van der Waals surface area contributed by atoms with E-state index in [-0.39, 0.29) is 18.8 Å². The average molecular weight is 393 g/mol. The quantitative estimate of drug-likeness (QED) is 0.230. The first-order valence-electron chi connectivity index (χ1n) is 10.9. The van der Waals surface area contributed by atoms with E-state index >= 15 is 0 Å². The highest BCUT2D eigenvalue weighted by atomic mass is 31.2. The van der Waals surface area contributed by atoms with Gasteiger partial charge in [-0.15, -0.1) is 0 Å². The summed E-state index contributed by atoms with van der Waals surface area (Å²) in [5.74, 6) is 0. The fourth-order valence-electron chi connectivity index (χ4n) is 3.69. The van der Waals surface area contributed by atoms with Crippen LogP contribution in [0.5, 0.6) is 0 Å². The molecule has 1 rings (SSSR count). The summed E-state index contributed by atoms with van der Waals surface area (Å²) < 4.78 is 21.0. The van der Waals surface area contributed by atoms with E-state index in [1.165, 1.54) is 83.5 Å². The third-order valence-corrected chi connectivity index (χ3v) is 5.74. The molecule has 0 aliphatic carbocycles. The van der Waals surface area contributed by atoms with Gasteiger partial charge < -0.3 is 14.5 Å². The number of hydrogen-bond donors (Lipinski definition) is 2. The molecule has 26 heavy (non-hydrogen) atoms. The summed E-state index contributed by atoms with van der Waals surface area (Å²) in [7, 11) is -4.37. The Morgan fingerprint density at radius 1 is 0.808 bits per heavy atom. The Hall–Kier alpha value is 0.0700. The molecule has 0 bridgehead atoms. The first-order chi connectivity index (χ1) is 12.5. The van der Waals surface area contributed by atoms with E-state index in [1.54, 1.807) is 0 Å². The van der Waals surface area contributed by atoms with Crippen LogP contribution in [0.1, 0.15) is 110 Å². The van der Waals surface area contributed by atoms with Crippen LogP contribution >= 0.6 is 7.82 Å². The maximum Gasteiger partial charge on any atom is 0.469 e. The van der Waals surface area contributed by atoms with Crippen LogP contribution in [-0.4, -0.2) is 28.6 Å². The van der Waals surface area contributed by atoms with Crippen LogP contribution < -0.4 is 0 Å². The lowest BCUT2D eigenvalue weighted by Gasteiger charge is -2.14. The molecule has 2 atom stereocenters. The monoisotopic (exact) mass is 392 g/mol. The summed E-state index contributed by atoms with van der Waals surface area (Å²) in [6.07, 6.45) is 20.6. The number of unbranched alkanes of at least 4 members (excludes halogenated alkanes) is 12. The van der Waals surface area contributed by atoms with Crippen molar-refractivity contribution in [1.29, 1.82) is 0 Å². The number of hydrogen-bond acceptors (Lipinski definition) is 3. The molecule has 156 valence electrons. The molecule has 0 aromatic heterocycles. The molecular formula is C20H41O5P. The minimum absolute atomic E-state index is 0.000613. The first kappa shape index (κ1) is 24.1. The molecule has 1 heterocycles. The van der Waals surface area contributed by atoms with Crippen LogP contribution in [0.15, 0.2) is 0 Å². The average Bonchev–Trinajstić information content (AvgIpc) is 3.04. The van der Waals surface area contributed by atoms with E-state index in [9.17, 15) is 4.57 Å². The lowest BCUT2D eigenvalue weighted by atomic mass is 10.0. The SMILES string of the molecule is CCCCCCCCCCCCCCC[C@H]1CC[C@@H](COP(=O)(O)O)O1. The van der Waals surface area contributed by atoms with Gasteiger partial charge in [0.2, 0.25) is 0 Å². The van der Waals surface area contributed by atoms with Crippen LogP contribution in [0, 0.1) is 0 Å². The standard InChI is InChI=1S/C20H41O5P/c1-2-3-4-5-6-7-8-9-10-11-12-13-14-15-19-16-17-20(25-19)18-24-26(21,22)23/h19-20H,2-18H2,1H3,(H2,21,22,23)/t19-,20-/m0/s1. The summed E-state index contributed by atoms with van der Waals surface area (Å²) in [5.41, 5.74) is 0. The Morgan fingerprint density at radius 3 is 1.77 bits per heavy atom. The van der Waals surface area contributed by atoms with Crippen molar-refractivity contribution in [3.63, 3.8) is 0 Å². The summed E-state index contributed by atoms with van der Waals surface area (Å²) in [6.45, 7) is 2.27. The molecule has 0 amide bonds. The second-order valence-corrected chi connectivity index (χ2v) is 9.01. The summed E-state index contributed by atoms with van der Waals surface area (Å²) >= 11 is 0. The van der Waals surface area contributed by atoms with E-state index < -0.39 is 7.82 Å². The highest BCUT2D eigenvalue weighted by Gasteiger charge is 2.27. The van der Waals surface area contributed by atoms with Gasteiger partial charge in [-0.2, -0.15) is 0 Å². The van der Waals surface area contributed by atoms with Gasteiger partial charge in [0.05, 0.1) is 18.8 Å². The summed E-state index contributed by atoms with van der Waals surface area (Å²) in [5, 5.41) is 0. The lowest BCUT2D eigenvalue weighted by molar-refractivity contribution is 0.00689. The maximum atomic E-state index is 10.7. The van der Waals surface area contributed by atoms with Crippen molar-refractivity contribution in [2.24, 2.45) is 0 Å². The lowest BCUT2D eigenvalue weighted by Crippen LogP contribution is -2.16. The van der Waals surface area contributed by atoms with Crippen molar-refractivity contribution >= 4 is 7.82 Å². The normalized spacial score (nSPS) is 20.7. The largest absolute Gasteiger partial charge is 0.469 e. The van der Waals surface area contributed by atoms with E-state index in [4.69, 9.17) is 14.5 Å². The Bertz CT molecular complexity index is 371. The fourth-order valence-corrected chi connectivity index (χ4v) is 4.05. The zero-order valence-corrected chi connectivity index (χ0v) is 17.6. The Labute approximate surface area is 160 Å². The van der Waals surface area contributed by atoms with E-state index in [0.717, 1.165) is 19.3 Å². The van der Waals surface area contributed by atoms with Gasteiger partial charge in [0.1, 0.15) is 0 Å². The van der Waals surface area contributed by atoms with Crippen LogP contribution in [0.3, 0.4) is 0 Å². The van der Waals surface area contributed by atoms with Crippen LogP contribution in [0.4, 0.5) is 0 Å². The molecule has 1 fully saturated rings. The molecule has 0 radical (unpaired) electrons. The number of phosphoric ester groups is 1. The van der Waals surface area contributed by atoms with Crippen LogP contribution in [-0.2, 0) is 13.8 Å². The first-order valence-corrected chi connectivity index (χ1v) is 12.4. The van der Waals surface area contributed by atoms with Gasteiger partial charge in [-0.05, 0) is 19.3 Å². The second kappa shape index (κ2) is 15.0. The zero-order valence-electron chi connectivity index (χ0n) is 16.7. The third kappa shape index (κ3) is 14.2. The third-order valence-electron chi connectivity index (χ3n) is 5.25. The maximum absolute atomic E-state index is 10.7. The second-order valence-electron chi connectivity index (χ2n) is 7.78. The van der Waals surface area contributed by atoms with Crippen LogP contribution in [0.25, 0.3) is 0 Å². The molecular weight excluding hydrogens is 351 g/mol. The minimum atomic E-state index is -4.37. The molecule has 6 heteroatoms. The van der Waals surface area contributed by atoms with Crippen molar-refractivity contribution in [3.8, 4) is 0 Å². The molecule has 2 N–H and O–H groups in total. The fraction of sp³-hybridized carbons (Fsp3) is 1.00. The van der Waals surface area contributed by atoms with Gasteiger partial charge in [-0.3, -0.25) is 4.52 Å². The predicted molar refractivity (Wildman–Crippen MR) is 106 cm³/mol. The number of ether oxygens (including phenoxy) is 1. The highest BCUT2D eigenvalue weighted by Crippen LogP contribution is 2.37. The van der Waals surface area contributed by atoms with Crippen molar-refractivity contribution in [2.45, 2.75) is 122 Å². The van der Waals surface area contributed by atoms with E-state index in [2.05, 4.69) is 11.4 Å². The highest BCUT2D eigenvalue weighted by molar-refractivity contribution is 7.46. The van der Waals surface area contributed by atoms with Crippen molar-refractivity contribution in [3.05, 3.63) is 0 Å². The van der Waals surface area contributed by atoms with Gasteiger partial charge in [-0.1, -0.05) is 90.4 Å². The van der Waals surface area contributed by atoms with E-state index in [0.29, 0.717) is 0 Å². The minimum Gasteiger partial charge on any atom is -0.373 e. The molecule has 1 aliphatic rings. The number of rotatable bonds is 17. The number of phosphoric acid groups is 1. The van der Waals surface area contributed by atoms with Gasteiger partial charge in [0.15, 0.2) is 0 Å². The van der Waals surface area contributed by atoms with Gasteiger partial charge >= 0.3 is 7.82 Å². The van der Waals surface area contributed by atoms with Gasteiger partial charge in [0, 0.05) is 0 Å². The van der Waals surface area contributed by atoms with Crippen molar-refractivity contribution < 1.29 is 23.6 Å². The topological polar surface area (TPSA) is 76.0 Å². The Kier molecular flexibility index (Phi) is 14.0. The Balaban J connectivity index is 1.82.